The van der Waals surface area contributed by atoms with Gasteiger partial charge in [-0.05, 0) is 40.5 Å². The highest BCUT2D eigenvalue weighted by atomic mass is 79.9. The van der Waals surface area contributed by atoms with Gasteiger partial charge in [-0.25, -0.2) is 4.79 Å². The van der Waals surface area contributed by atoms with Crippen LogP contribution in [0.1, 0.15) is 49.4 Å². The van der Waals surface area contributed by atoms with Gasteiger partial charge in [-0.1, -0.05) is 32.6 Å². The van der Waals surface area contributed by atoms with E-state index in [-0.39, 0.29) is 5.97 Å². The van der Waals surface area contributed by atoms with Crippen molar-refractivity contribution in [1.29, 1.82) is 0 Å². The Bertz CT molecular complexity index is 393. The maximum atomic E-state index is 11.7. The highest BCUT2D eigenvalue weighted by molar-refractivity contribution is 9.10. The Balaban J connectivity index is 2.30. The predicted molar refractivity (Wildman–Crippen MR) is 77.6 cm³/mol. The van der Waals surface area contributed by atoms with Crippen LogP contribution in [0.15, 0.2) is 22.7 Å². The number of carbonyl (C=O) groups is 1. The van der Waals surface area contributed by atoms with E-state index in [1.807, 2.05) is 0 Å². The van der Waals surface area contributed by atoms with E-state index in [2.05, 4.69) is 22.9 Å². The Morgan fingerprint density at radius 1 is 1.28 bits per heavy atom. The van der Waals surface area contributed by atoms with Gasteiger partial charge in [-0.15, -0.1) is 0 Å². The SMILES string of the molecule is CCCCCCCOC(=O)c1ccc(Br)c(N)c1. The fraction of sp³-hybridized carbons (Fsp3) is 0.500. The first kappa shape index (κ1) is 15.0. The second-order valence-electron chi connectivity index (χ2n) is 4.29. The van der Waals surface area contributed by atoms with Crippen LogP contribution in [0.3, 0.4) is 0 Å². The summed E-state index contributed by atoms with van der Waals surface area (Å²) >= 11 is 3.29. The van der Waals surface area contributed by atoms with Crippen LogP contribution in [0.25, 0.3) is 0 Å². The molecule has 0 bridgehead atoms. The lowest BCUT2D eigenvalue weighted by Gasteiger charge is -2.06. The number of hydrogen-bond donors (Lipinski definition) is 1. The summed E-state index contributed by atoms with van der Waals surface area (Å²) in [6.45, 7) is 2.66. The van der Waals surface area contributed by atoms with Gasteiger partial charge in [0, 0.05) is 10.2 Å². The fourth-order valence-electron chi connectivity index (χ4n) is 1.62. The van der Waals surface area contributed by atoms with Crippen LogP contribution in [0.4, 0.5) is 5.69 Å². The van der Waals surface area contributed by atoms with E-state index in [9.17, 15) is 4.79 Å². The van der Waals surface area contributed by atoms with Crippen molar-refractivity contribution >= 4 is 27.6 Å². The Labute approximate surface area is 117 Å². The van der Waals surface area contributed by atoms with Gasteiger partial charge in [-0.2, -0.15) is 0 Å². The average molecular weight is 314 g/mol. The van der Waals surface area contributed by atoms with Crippen LogP contribution >= 0.6 is 15.9 Å². The lowest BCUT2D eigenvalue weighted by Crippen LogP contribution is -2.07. The minimum atomic E-state index is -0.301. The van der Waals surface area contributed by atoms with Gasteiger partial charge >= 0.3 is 5.97 Å². The Hall–Kier alpha value is -1.03. The number of hydrogen-bond acceptors (Lipinski definition) is 3. The first-order valence-electron chi connectivity index (χ1n) is 6.37. The first-order valence-corrected chi connectivity index (χ1v) is 7.16. The van der Waals surface area contributed by atoms with E-state index >= 15 is 0 Å². The zero-order chi connectivity index (χ0) is 13.4. The molecule has 0 unspecified atom stereocenters. The topological polar surface area (TPSA) is 52.3 Å². The number of carbonyl (C=O) groups excluding carboxylic acids is 1. The predicted octanol–water partition coefficient (Wildman–Crippen LogP) is 4.16. The highest BCUT2D eigenvalue weighted by Crippen LogP contribution is 2.20. The molecule has 0 saturated heterocycles. The summed E-state index contributed by atoms with van der Waals surface area (Å²) in [5.74, 6) is -0.301. The fourth-order valence-corrected chi connectivity index (χ4v) is 1.87. The maximum absolute atomic E-state index is 11.7. The quantitative estimate of drug-likeness (QED) is 0.467. The summed E-state index contributed by atoms with van der Waals surface area (Å²) in [6.07, 6.45) is 5.72. The number of unbranched alkanes of at least 4 members (excludes halogenated alkanes) is 4. The van der Waals surface area contributed by atoms with Crippen molar-refractivity contribution in [1.82, 2.24) is 0 Å². The van der Waals surface area contributed by atoms with E-state index in [1.165, 1.54) is 19.3 Å². The van der Waals surface area contributed by atoms with Crippen molar-refractivity contribution < 1.29 is 9.53 Å². The molecule has 0 radical (unpaired) electrons. The lowest BCUT2D eigenvalue weighted by molar-refractivity contribution is 0.0497. The molecule has 2 N–H and O–H groups in total. The number of anilines is 1. The summed E-state index contributed by atoms with van der Waals surface area (Å²) in [4.78, 5) is 11.7. The van der Waals surface area contributed by atoms with Crippen molar-refractivity contribution in [3.8, 4) is 0 Å². The Morgan fingerprint density at radius 2 is 2.00 bits per heavy atom. The van der Waals surface area contributed by atoms with Crippen molar-refractivity contribution in [3.05, 3.63) is 28.2 Å². The maximum Gasteiger partial charge on any atom is 0.338 e. The number of benzene rings is 1. The third-order valence-electron chi connectivity index (χ3n) is 2.71. The molecular formula is C14H20BrNO2. The van der Waals surface area contributed by atoms with E-state index in [1.54, 1.807) is 18.2 Å². The normalized spacial score (nSPS) is 10.3. The van der Waals surface area contributed by atoms with E-state index < -0.39 is 0 Å². The largest absolute Gasteiger partial charge is 0.462 e. The van der Waals surface area contributed by atoms with Crippen LogP contribution in [0.5, 0.6) is 0 Å². The number of nitrogens with two attached hydrogens (primary N) is 1. The van der Waals surface area contributed by atoms with Gasteiger partial charge < -0.3 is 10.5 Å². The van der Waals surface area contributed by atoms with E-state index in [4.69, 9.17) is 10.5 Å². The average Bonchev–Trinajstić information content (AvgIpc) is 2.36. The van der Waals surface area contributed by atoms with Gasteiger partial charge in [0.15, 0.2) is 0 Å². The molecular weight excluding hydrogens is 294 g/mol. The van der Waals surface area contributed by atoms with Crippen LogP contribution in [0.2, 0.25) is 0 Å². The molecule has 1 aromatic rings. The van der Waals surface area contributed by atoms with Gasteiger partial charge in [0.1, 0.15) is 0 Å². The van der Waals surface area contributed by atoms with Crippen molar-refractivity contribution in [2.75, 3.05) is 12.3 Å². The number of nitrogen functional groups attached to an aromatic ring is 1. The van der Waals surface area contributed by atoms with Crippen LogP contribution in [0, 0.1) is 0 Å². The Kier molecular flexibility index (Phi) is 6.80. The second-order valence-corrected chi connectivity index (χ2v) is 5.14. The summed E-state index contributed by atoms with van der Waals surface area (Å²) in [7, 11) is 0. The minimum Gasteiger partial charge on any atom is -0.462 e. The third kappa shape index (κ3) is 5.08. The first-order chi connectivity index (χ1) is 8.65. The van der Waals surface area contributed by atoms with Crippen molar-refractivity contribution in [2.45, 2.75) is 39.0 Å². The molecule has 0 heterocycles. The third-order valence-corrected chi connectivity index (χ3v) is 3.43. The smallest absolute Gasteiger partial charge is 0.338 e. The van der Waals surface area contributed by atoms with Crippen LogP contribution < -0.4 is 5.73 Å². The molecule has 0 fully saturated rings. The number of ether oxygens (including phenoxy) is 1. The molecule has 3 nitrogen and oxygen atoms in total. The molecule has 4 heteroatoms. The lowest BCUT2D eigenvalue weighted by atomic mass is 10.2. The second kappa shape index (κ2) is 8.14. The molecule has 0 aliphatic heterocycles. The van der Waals surface area contributed by atoms with Crippen LogP contribution in [-0.2, 0) is 4.74 Å². The van der Waals surface area contributed by atoms with Gasteiger partial charge in [-0.3, -0.25) is 0 Å². The molecule has 1 aromatic carbocycles. The number of esters is 1. The molecule has 0 spiro atoms. The molecule has 0 amide bonds. The molecule has 1 rings (SSSR count). The monoisotopic (exact) mass is 313 g/mol. The zero-order valence-corrected chi connectivity index (χ0v) is 12.3. The molecule has 100 valence electrons. The van der Waals surface area contributed by atoms with E-state index in [0.717, 1.165) is 17.3 Å². The van der Waals surface area contributed by atoms with Gasteiger partial charge in [0.25, 0.3) is 0 Å². The molecule has 18 heavy (non-hydrogen) atoms. The van der Waals surface area contributed by atoms with Gasteiger partial charge in [0.05, 0.1) is 12.2 Å². The van der Waals surface area contributed by atoms with Crippen molar-refractivity contribution in [3.63, 3.8) is 0 Å². The summed E-state index contributed by atoms with van der Waals surface area (Å²) in [5, 5.41) is 0. The van der Waals surface area contributed by atoms with Crippen LogP contribution in [-0.4, -0.2) is 12.6 Å². The summed E-state index contributed by atoms with van der Waals surface area (Å²) < 4.78 is 5.98. The Morgan fingerprint density at radius 3 is 2.67 bits per heavy atom. The van der Waals surface area contributed by atoms with E-state index in [0.29, 0.717) is 17.9 Å². The highest BCUT2D eigenvalue weighted by Gasteiger charge is 2.08. The number of rotatable bonds is 7. The molecule has 0 aliphatic rings. The number of halogens is 1. The van der Waals surface area contributed by atoms with Gasteiger partial charge in [0.2, 0.25) is 0 Å². The summed E-state index contributed by atoms with van der Waals surface area (Å²) in [6, 6.07) is 5.09. The van der Waals surface area contributed by atoms with Crippen molar-refractivity contribution in [2.24, 2.45) is 0 Å². The molecule has 0 aromatic heterocycles. The summed E-state index contributed by atoms with van der Waals surface area (Å²) in [5.41, 5.74) is 6.77. The molecule has 0 atom stereocenters. The molecule has 0 aliphatic carbocycles. The standard InChI is InChI=1S/C14H20BrNO2/c1-2-3-4-5-6-9-18-14(17)11-7-8-12(15)13(16)10-11/h7-8,10H,2-6,9,16H2,1H3. The molecule has 0 saturated carbocycles. The minimum absolute atomic E-state index is 0.301. The zero-order valence-electron chi connectivity index (χ0n) is 10.7.